The summed E-state index contributed by atoms with van der Waals surface area (Å²) in [5.74, 6) is -1.88. The lowest BCUT2D eigenvalue weighted by atomic mass is 9.66. The summed E-state index contributed by atoms with van der Waals surface area (Å²) in [6.07, 6.45) is 2.01. The molecule has 3 rings (SSSR count). The van der Waals surface area contributed by atoms with Gasteiger partial charge in [0, 0.05) is 10.8 Å². The Kier molecular flexibility index (Phi) is 5.75. The highest BCUT2D eigenvalue weighted by atomic mass is 32.2. The summed E-state index contributed by atoms with van der Waals surface area (Å²) in [4.78, 5) is 41.3. The molecule has 3 aliphatic heterocycles. The Hall–Kier alpha value is -1.28. The van der Waals surface area contributed by atoms with E-state index in [1.807, 2.05) is 27.7 Å². The summed E-state index contributed by atoms with van der Waals surface area (Å²) >= 11 is 1.62. The second kappa shape index (κ2) is 7.52. The quantitative estimate of drug-likeness (QED) is 0.613. The topological polar surface area (TPSA) is 95.9 Å². The van der Waals surface area contributed by atoms with E-state index in [1.165, 1.54) is 0 Å². The summed E-state index contributed by atoms with van der Waals surface area (Å²) in [5, 5.41) is 12.9. The first-order chi connectivity index (χ1) is 13.2. The van der Waals surface area contributed by atoms with Gasteiger partial charge in [0.25, 0.3) is 0 Å². The van der Waals surface area contributed by atoms with Gasteiger partial charge in [-0.05, 0) is 47.0 Å². The standard InChI is InChI=1S/C20H32N2O5S/c1-6-12(10-23)22-15(16(24)21-11(3)4)20-9-8-19(5,28-20)14(13(20)17(22)25)18(26)27-7-2/h11-15,23H,6-10H2,1-5H3,(H,21,24)/t12-,13-,14-,15?,19+,20?/m0/s1. The van der Waals surface area contributed by atoms with Crippen molar-refractivity contribution in [3.63, 3.8) is 0 Å². The van der Waals surface area contributed by atoms with Gasteiger partial charge in [0.05, 0.1) is 35.8 Å². The molecule has 28 heavy (non-hydrogen) atoms. The van der Waals surface area contributed by atoms with Crippen molar-refractivity contribution >= 4 is 29.5 Å². The minimum Gasteiger partial charge on any atom is -0.466 e. The number of likely N-dealkylation sites (tertiary alicyclic amines) is 1. The average Bonchev–Trinajstić information content (AvgIpc) is 3.17. The molecule has 8 heteroatoms. The summed E-state index contributed by atoms with van der Waals surface area (Å²) in [7, 11) is 0. The number of aliphatic hydroxyl groups excluding tert-OH is 1. The van der Waals surface area contributed by atoms with E-state index >= 15 is 0 Å². The molecule has 3 aliphatic rings. The van der Waals surface area contributed by atoms with Crippen molar-refractivity contribution in [1.82, 2.24) is 10.2 Å². The van der Waals surface area contributed by atoms with Crippen LogP contribution in [0.3, 0.4) is 0 Å². The predicted molar refractivity (Wildman–Crippen MR) is 107 cm³/mol. The molecule has 0 aliphatic carbocycles. The Labute approximate surface area is 170 Å². The molecular formula is C20H32N2O5S. The van der Waals surface area contributed by atoms with Crippen LogP contribution >= 0.6 is 11.8 Å². The number of hydrogen-bond acceptors (Lipinski definition) is 6. The maximum atomic E-state index is 13.6. The molecule has 0 aromatic heterocycles. The number of aliphatic hydroxyl groups is 1. The molecule has 2 amide bonds. The number of amides is 2. The number of hydrogen-bond donors (Lipinski definition) is 2. The average molecular weight is 413 g/mol. The van der Waals surface area contributed by atoms with Gasteiger partial charge in [0.1, 0.15) is 6.04 Å². The fourth-order valence-corrected chi connectivity index (χ4v) is 7.76. The lowest BCUT2D eigenvalue weighted by molar-refractivity contribution is -0.155. The number of carbonyl (C=O) groups excluding carboxylic acids is 3. The third kappa shape index (κ3) is 2.95. The first kappa shape index (κ1) is 21.4. The van der Waals surface area contributed by atoms with Gasteiger partial charge in [0.15, 0.2) is 0 Å². The third-order valence-electron chi connectivity index (χ3n) is 6.51. The van der Waals surface area contributed by atoms with E-state index in [-0.39, 0.29) is 37.0 Å². The molecule has 6 atom stereocenters. The zero-order valence-corrected chi connectivity index (χ0v) is 18.2. The number of nitrogens with zero attached hydrogens (tertiary/aromatic N) is 1. The molecule has 3 heterocycles. The van der Waals surface area contributed by atoms with E-state index in [2.05, 4.69) is 5.32 Å². The maximum absolute atomic E-state index is 13.6. The molecule has 158 valence electrons. The minimum atomic E-state index is -0.684. The first-order valence-electron chi connectivity index (χ1n) is 10.3. The van der Waals surface area contributed by atoms with Gasteiger partial charge in [-0.1, -0.05) is 6.92 Å². The summed E-state index contributed by atoms with van der Waals surface area (Å²) in [5.41, 5.74) is 0. The Morgan fingerprint density at radius 2 is 2.04 bits per heavy atom. The molecule has 7 nitrogen and oxygen atoms in total. The highest BCUT2D eigenvalue weighted by Gasteiger charge is 2.77. The zero-order valence-electron chi connectivity index (χ0n) is 17.4. The lowest BCUT2D eigenvalue weighted by Gasteiger charge is -2.37. The monoisotopic (exact) mass is 412 g/mol. The Morgan fingerprint density at radius 1 is 1.36 bits per heavy atom. The van der Waals surface area contributed by atoms with Gasteiger partial charge in [0.2, 0.25) is 11.8 Å². The van der Waals surface area contributed by atoms with E-state index < -0.39 is 33.4 Å². The van der Waals surface area contributed by atoms with E-state index in [0.717, 1.165) is 6.42 Å². The second-order valence-electron chi connectivity index (χ2n) is 8.63. The fraction of sp³-hybridized carbons (Fsp3) is 0.850. The van der Waals surface area contributed by atoms with E-state index in [0.29, 0.717) is 12.8 Å². The van der Waals surface area contributed by atoms with Crippen molar-refractivity contribution in [2.24, 2.45) is 11.8 Å². The Balaban J connectivity index is 2.09. The van der Waals surface area contributed by atoms with Crippen molar-refractivity contribution in [3.8, 4) is 0 Å². The van der Waals surface area contributed by atoms with Crippen LogP contribution in [0.15, 0.2) is 0 Å². The van der Waals surface area contributed by atoms with Crippen LogP contribution in [-0.4, -0.2) is 68.6 Å². The molecule has 2 unspecified atom stereocenters. The van der Waals surface area contributed by atoms with Crippen LogP contribution in [0, 0.1) is 11.8 Å². The summed E-state index contributed by atoms with van der Waals surface area (Å²) in [6, 6.07) is -1.18. The van der Waals surface area contributed by atoms with Crippen molar-refractivity contribution in [1.29, 1.82) is 0 Å². The van der Waals surface area contributed by atoms with Crippen LogP contribution in [0.2, 0.25) is 0 Å². The van der Waals surface area contributed by atoms with Crippen molar-refractivity contribution < 1.29 is 24.2 Å². The fourth-order valence-electron chi connectivity index (χ4n) is 5.42. The summed E-state index contributed by atoms with van der Waals surface area (Å²) < 4.78 is 4.28. The molecule has 0 aromatic rings. The van der Waals surface area contributed by atoms with Crippen LogP contribution in [0.25, 0.3) is 0 Å². The highest BCUT2D eigenvalue weighted by molar-refractivity contribution is 8.02. The zero-order chi connectivity index (χ0) is 20.9. The predicted octanol–water partition coefficient (Wildman–Crippen LogP) is 1.33. The van der Waals surface area contributed by atoms with Crippen LogP contribution in [0.4, 0.5) is 0 Å². The van der Waals surface area contributed by atoms with Gasteiger partial charge < -0.3 is 20.1 Å². The smallest absolute Gasteiger partial charge is 0.311 e. The molecule has 3 saturated heterocycles. The van der Waals surface area contributed by atoms with Crippen LogP contribution < -0.4 is 5.32 Å². The van der Waals surface area contributed by atoms with E-state index in [9.17, 15) is 19.5 Å². The summed E-state index contributed by atoms with van der Waals surface area (Å²) in [6.45, 7) is 9.51. The lowest BCUT2D eigenvalue weighted by Crippen LogP contribution is -2.57. The molecule has 2 N–H and O–H groups in total. The Bertz CT molecular complexity index is 667. The number of thioether (sulfide) groups is 1. The van der Waals surface area contributed by atoms with E-state index in [4.69, 9.17) is 4.74 Å². The molecule has 1 spiro atoms. The van der Waals surface area contributed by atoms with Gasteiger partial charge >= 0.3 is 5.97 Å². The van der Waals surface area contributed by atoms with Gasteiger partial charge in [-0.25, -0.2) is 0 Å². The van der Waals surface area contributed by atoms with Crippen LogP contribution in [-0.2, 0) is 19.1 Å². The van der Waals surface area contributed by atoms with Gasteiger partial charge in [-0.2, -0.15) is 0 Å². The van der Waals surface area contributed by atoms with Crippen LogP contribution in [0.5, 0.6) is 0 Å². The molecule has 0 aromatic carbocycles. The highest BCUT2D eigenvalue weighted by Crippen LogP contribution is 2.71. The molecule has 3 fully saturated rings. The van der Waals surface area contributed by atoms with Crippen molar-refractivity contribution in [2.75, 3.05) is 13.2 Å². The second-order valence-corrected chi connectivity index (χ2v) is 10.5. The molecule has 0 saturated carbocycles. The number of ether oxygens (including phenoxy) is 1. The number of carbonyl (C=O) groups is 3. The van der Waals surface area contributed by atoms with Gasteiger partial charge in [-0.3, -0.25) is 14.4 Å². The maximum Gasteiger partial charge on any atom is 0.311 e. The SMILES string of the molecule is CCOC(=O)[C@@H]1[C@H]2C(=O)N([C@@H](CC)CO)C(C(=O)NC(C)C)C23CC[C@@]1(C)S3. The number of fused-ring (bicyclic) bond motifs is 1. The number of rotatable bonds is 7. The number of nitrogens with one attached hydrogen (secondary N) is 1. The molecule has 2 bridgehead atoms. The minimum absolute atomic E-state index is 0.0610. The third-order valence-corrected chi connectivity index (χ3v) is 8.50. The Morgan fingerprint density at radius 3 is 2.57 bits per heavy atom. The van der Waals surface area contributed by atoms with E-state index in [1.54, 1.807) is 23.6 Å². The largest absolute Gasteiger partial charge is 0.466 e. The van der Waals surface area contributed by atoms with Crippen molar-refractivity contribution in [3.05, 3.63) is 0 Å². The first-order valence-corrected chi connectivity index (χ1v) is 11.1. The normalized spacial score (nSPS) is 37.3. The molecular weight excluding hydrogens is 380 g/mol. The number of esters is 1. The van der Waals surface area contributed by atoms with Crippen molar-refractivity contribution in [2.45, 2.75) is 81.5 Å². The van der Waals surface area contributed by atoms with Crippen LogP contribution in [0.1, 0.15) is 53.9 Å². The van der Waals surface area contributed by atoms with Gasteiger partial charge in [-0.15, -0.1) is 11.8 Å². The molecule has 0 radical (unpaired) electrons.